The van der Waals surface area contributed by atoms with E-state index in [0.717, 1.165) is 4.90 Å². The highest BCUT2D eigenvalue weighted by atomic mass is 16.5. The Bertz CT molecular complexity index is 663. The summed E-state index contributed by atoms with van der Waals surface area (Å²) in [7, 11) is 1.30. The number of rotatable bonds is 7. The first-order valence-corrected chi connectivity index (χ1v) is 8.18. The quantitative estimate of drug-likeness (QED) is 0.551. The summed E-state index contributed by atoms with van der Waals surface area (Å²) in [6, 6.07) is 6.51. The Hall–Kier alpha value is -2.70. The van der Waals surface area contributed by atoms with Crippen molar-refractivity contribution in [2.45, 2.75) is 32.7 Å². The van der Waals surface area contributed by atoms with Crippen molar-refractivity contribution in [1.29, 1.82) is 0 Å². The van der Waals surface area contributed by atoms with Crippen molar-refractivity contribution >= 4 is 23.7 Å². The first kappa shape index (κ1) is 18.6. The van der Waals surface area contributed by atoms with E-state index >= 15 is 0 Å². The maximum absolute atomic E-state index is 12.5. The lowest BCUT2D eigenvalue weighted by atomic mass is 10.1. The average Bonchev–Trinajstić information content (AvgIpc) is 2.84. The predicted octanol–water partition coefficient (Wildman–Crippen LogP) is 1.47. The van der Waals surface area contributed by atoms with Gasteiger partial charge in [-0.2, -0.15) is 0 Å². The number of imide groups is 1. The smallest absolute Gasteiger partial charge is 0.307 e. The van der Waals surface area contributed by atoms with Crippen molar-refractivity contribution < 1.29 is 23.9 Å². The zero-order valence-corrected chi connectivity index (χ0v) is 14.7. The molecule has 1 aromatic carbocycles. The van der Waals surface area contributed by atoms with Crippen molar-refractivity contribution in [3.63, 3.8) is 0 Å². The molecular formula is C18H22N2O5. The number of amides is 3. The second-order valence-electron chi connectivity index (χ2n) is 6.06. The summed E-state index contributed by atoms with van der Waals surface area (Å²) < 4.78 is 4.59. The highest BCUT2D eigenvalue weighted by Crippen LogP contribution is 2.22. The minimum absolute atomic E-state index is 0.0187. The fraction of sp³-hybridized carbons (Fsp3) is 0.444. The van der Waals surface area contributed by atoms with Crippen LogP contribution in [0.5, 0.6) is 0 Å². The molecule has 0 unspecified atom stereocenters. The molecule has 2 rings (SSSR count). The number of hydrogen-bond donors (Lipinski definition) is 0. The van der Waals surface area contributed by atoms with Crippen LogP contribution in [0.1, 0.15) is 47.4 Å². The van der Waals surface area contributed by atoms with E-state index in [2.05, 4.69) is 4.74 Å². The molecular weight excluding hydrogens is 324 g/mol. The van der Waals surface area contributed by atoms with Crippen LogP contribution in [-0.2, 0) is 14.3 Å². The van der Waals surface area contributed by atoms with Crippen LogP contribution in [0.2, 0.25) is 0 Å². The van der Waals surface area contributed by atoms with Gasteiger partial charge in [0.1, 0.15) is 0 Å². The van der Waals surface area contributed by atoms with Gasteiger partial charge < -0.3 is 9.64 Å². The van der Waals surface area contributed by atoms with Crippen molar-refractivity contribution in [1.82, 2.24) is 9.80 Å². The van der Waals surface area contributed by atoms with Crippen molar-refractivity contribution in [3.05, 3.63) is 35.4 Å². The average molecular weight is 346 g/mol. The highest BCUT2D eigenvalue weighted by molar-refractivity contribution is 6.21. The van der Waals surface area contributed by atoms with E-state index in [1.807, 2.05) is 13.8 Å². The lowest BCUT2D eigenvalue weighted by Gasteiger charge is -2.27. The Kier molecular flexibility index (Phi) is 5.90. The molecule has 0 radical (unpaired) electrons. The Morgan fingerprint density at radius 3 is 2.12 bits per heavy atom. The number of methoxy groups -OCH3 is 1. The second kappa shape index (κ2) is 7.92. The number of ether oxygens (including phenoxy) is 1. The van der Waals surface area contributed by atoms with Crippen molar-refractivity contribution in [2.75, 3.05) is 20.2 Å². The molecule has 1 aromatic rings. The Morgan fingerprint density at radius 2 is 1.64 bits per heavy atom. The van der Waals surface area contributed by atoms with Crippen molar-refractivity contribution in [2.24, 2.45) is 0 Å². The van der Waals surface area contributed by atoms with Crippen molar-refractivity contribution in [3.8, 4) is 0 Å². The molecule has 134 valence electrons. The lowest BCUT2D eigenvalue weighted by molar-refractivity contribution is -0.142. The Morgan fingerprint density at radius 1 is 1.08 bits per heavy atom. The summed E-state index contributed by atoms with van der Waals surface area (Å²) in [4.78, 5) is 51.0. The fourth-order valence-electron chi connectivity index (χ4n) is 2.78. The zero-order chi connectivity index (χ0) is 18.6. The first-order valence-electron chi connectivity index (χ1n) is 8.18. The predicted molar refractivity (Wildman–Crippen MR) is 89.9 cm³/mol. The van der Waals surface area contributed by atoms with Crippen LogP contribution < -0.4 is 0 Å². The van der Waals surface area contributed by atoms with Gasteiger partial charge in [-0.25, -0.2) is 0 Å². The minimum atomic E-state index is -0.390. The van der Waals surface area contributed by atoms with Gasteiger partial charge in [0.05, 0.1) is 24.7 Å². The molecule has 7 heteroatoms. The van der Waals surface area contributed by atoms with E-state index in [0.29, 0.717) is 11.1 Å². The number of benzene rings is 1. The largest absolute Gasteiger partial charge is 0.469 e. The minimum Gasteiger partial charge on any atom is -0.469 e. The molecule has 1 heterocycles. The molecule has 0 saturated heterocycles. The molecule has 0 N–H and O–H groups in total. The molecule has 0 aliphatic carbocycles. The summed E-state index contributed by atoms with van der Waals surface area (Å²) in [5, 5.41) is 0. The van der Waals surface area contributed by atoms with E-state index in [1.165, 1.54) is 7.11 Å². The van der Waals surface area contributed by atoms with Gasteiger partial charge in [0.15, 0.2) is 0 Å². The van der Waals surface area contributed by atoms with Crippen LogP contribution in [0.25, 0.3) is 0 Å². The molecule has 25 heavy (non-hydrogen) atoms. The summed E-state index contributed by atoms with van der Waals surface area (Å²) in [5.41, 5.74) is 0.734. The number of nitrogens with zero attached hydrogens (tertiary/aromatic N) is 2. The third-order valence-corrected chi connectivity index (χ3v) is 4.16. The van der Waals surface area contributed by atoms with Gasteiger partial charge in [-0.05, 0) is 26.0 Å². The summed E-state index contributed by atoms with van der Waals surface area (Å²) >= 11 is 0. The molecule has 1 aliphatic rings. The summed E-state index contributed by atoms with van der Waals surface area (Å²) in [6.07, 6.45) is 0.123. The maximum atomic E-state index is 12.5. The number of carbonyl (C=O) groups is 4. The van der Waals surface area contributed by atoms with Gasteiger partial charge in [0.25, 0.3) is 11.8 Å². The first-order chi connectivity index (χ1) is 11.9. The molecule has 0 saturated carbocycles. The molecule has 0 spiro atoms. The summed E-state index contributed by atoms with van der Waals surface area (Å²) in [6.45, 7) is 3.95. The molecule has 0 aromatic heterocycles. The van der Waals surface area contributed by atoms with E-state index in [-0.39, 0.29) is 49.7 Å². The van der Waals surface area contributed by atoms with Crippen LogP contribution in [0.15, 0.2) is 24.3 Å². The van der Waals surface area contributed by atoms with E-state index in [1.54, 1.807) is 29.2 Å². The van der Waals surface area contributed by atoms with E-state index in [4.69, 9.17) is 0 Å². The fourth-order valence-corrected chi connectivity index (χ4v) is 2.78. The van der Waals surface area contributed by atoms with Crippen LogP contribution in [0, 0.1) is 0 Å². The Balaban J connectivity index is 1.98. The second-order valence-corrected chi connectivity index (χ2v) is 6.06. The van der Waals surface area contributed by atoms with Gasteiger partial charge in [0, 0.05) is 25.6 Å². The van der Waals surface area contributed by atoms with Crippen LogP contribution in [0.4, 0.5) is 0 Å². The molecule has 1 aliphatic heterocycles. The molecule has 3 amide bonds. The van der Waals surface area contributed by atoms with Gasteiger partial charge >= 0.3 is 5.97 Å². The SMILES string of the molecule is COC(=O)CCN(C(=O)CCN1C(=O)c2ccccc2C1=O)C(C)C. The van der Waals surface area contributed by atoms with Crippen LogP contribution in [-0.4, -0.2) is 59.7 Å². The topological polar surface area (TPSA) is 84.0 Å². The third kappa shape index (κ3) is 4.04. The van der Waals surface area contributed by atoms with Gasteiger partial charge in [-0.1, -0.05) is 12.1 Å². The maximum Gasteiger partial charge on any atom is 0.307 e. The van der Waals surface area contributed by atoms with E-state index < -0.39 is 5.97 Å². The third-order valence-electron chi connectivity index (χ3n) is 4.16. The van der Waals surface area contributed by atoms with Gasteiger partial charge in [-0.3, -0.25) is 24.1 Å². The van der Waals surface area contributed by atoms with Crippen LogP contribution >= 0.6 is 0 Å². The number of esters is 1. The molecule has 0 atom stereocenters. The lowest BCUT2D eigenvalue weighted by Crippen LogP contribution is -2.41. The van der Waals surface area contributed by atoms with E-state index in [9.17, 15) is 19.2 Å². The standard InChI is InChI=1S/C18H22N2O5/c1-12(2)19(11-9-16(22)25-3)15(21)8-10-20-17(23)13-6-4-5-7-14(13)18(20)24/h4-7,12H,8-11H2,1-3H3. The highest BCUT2D eigenvalue weighted by Gasteiger charge is 2.35. The zero-order valence-electron chi connectivity index (χ0n) is 14.7. The molecule has 0 fully saturated rings. The van der Waals surface area contributed by atoms with Crippen LogP contribution in [0.3, 0.4) is 0 Å². The monoisotopic (exact) mass is 346 g/mol. The normalized spacial score (nSPS) is 13.2. The summed E-state index contributed by atoms with van der Waals surface area (Å²) in [5.74, 6) is -1.35. The number of hydrogen-bond acceptors (Lipinski definition) is 5. The molecule has 7 nitrogen and oxygen atoms in total. The van der Waals surface area contributed by atoms with Gasteiger partial charge in [-0.15, -0.1) is 0 Å². The van der Waals surface area contributed by atoms with Gasteiger partial charge in [0.2, 0.25) is 5.91 Å². The molecule has 0 bridgehead atoms. The number of carbonyl (C=O) groups excluding carboxylic acids is 4. The number of fused-ring (bicyclic) bond motifs is 1. The Labute approximate surface area is 146 Å².